The van der Waals surface area contributed by atoms with Gasteiger partial charge in [0.25, 0.3) is 0 Å². The summed E-state index contributed by atoms with van der Waals surface area (Å²) < 4.78 is 0. The van der Waals surface area contributed by atoms with E-state index in [0.29, 0.717) is 10.8 Å². The van der Waals surface area contributed by atoms with Crippen LogP contribution < -0.4 is 0 Å². The minimum absolute atomic E-state index is 0.599. The summed E-state index contributed by atoms with van der Waals surface area (Å²) in [6, 6.07) is 0. The Kier molecular flexibility index (Phi) is 1.82. The first-order chi connectivity index (χ1) is 4.52. The summed E-state index contributed by atoms with van der Waals surface area (Å²) in [4.78, 5) is 0. The van der Waals surface area contributed by atoms with Crippen LogP contribution >= 0.6 is 0 Å². The summed E-state index contributed by atoms with van der Waals surface area (Å²) in [7, 11) is 0. The van der Waals surface area contributed by atoms with Crippen LogP contribution in [0.5, 0.6) is 0 Å². The lowest BCUT2D eigenvalue weighted by Crippen LogP contribution is -2.28. The second-order valence-corrected chi connectivity index (χ2v) is 4.65. The van der Waals surface area contributed by atoms with Gasteiger partial charge < -0.3 is 0 Å². The van der Waals surface area contributed by atoms with Crippen LogP contribution in [0.1, 0.15) is 53.4 Å². The van der Waals surface area contributed by atoms with Crippen LogP contribution in [0.3, 0.4) is 0 Å². The van der Waals surface area contributed by atoms with Crippen LogP contribution in [0, 0.1) is 10.8 Å². The second-order valence-electron chi connectivity index (χ2n) is 4.65. The fourth-order valence-corrected chi connectivity index (χ4v) is 2.22. The molecule has 0 heterocycles. The Morgan fingerprint density at radius 2 is 1.70 bits per heavy atom. The van der Waals surface area contributed by atoms with E-state index in [1.807, 2.05) is 0 Å². The fourth-order valence-electron chi connectivity index (χ4n) is 2.22. The lowest BCUT2D eigenvalue weighted by molar-refractivity contribution is 0.126. The van der Waals surface area contributed by atoms with Gasteiger partial charge >= 0.3 is 0 Å². The molecule has 0 nitrogen and oxygen atoms in total. The first-order valence-electron chi connectivity index (χ1n) is 4.52. The maximum absolute atomic E-state index is 2.44. The quantitative estimate of drug-likeness (QED) is 0.522. The Bertz CT molecular complexity index is 124. The Labute approximate surface area is 65.0 Å². The van der Waals surface area contributed by atoms with Crippen molar-refractivity contribution < 1.29 is 0 Å². The number of hydrogen-bond donors (Lipinski definition) is 0. The monoisotopic (exact) mass is 140 g/mol. The van der Waals surface area contributed by atoms with Crippen molar-refractivity contribution in [1.82, 2.24) is 0 Å². The second kappa shape index (κ2) is 2.25. The van der Waals surface area contributed by atoms with Gasteiger partial charge in [0.2, 0.25) is 0 Å². The average molecular weight is 140 g/mol. The summed E-state index contributed by atoms with van der Waals surface area (Å²) in [5.74, 6) is 0. The highest BCUT2D eigenvalue weighted by Gasteiger charge is 2.43. The zero-order valence-electron chi connectivity index (χ0n) is 7.83. The maximum atomic E-state index is 2.44. The molecule has 0 amide bonds. The van der Waals surface area contributed by atoms with Gasteiger partial charge in [-0.15, -0.1) is 0 Å². The third-order valence-corrected chi connectivity index (χ3v) is 3.94. The van der Waals surface area contributed by atoms with E-state index in [1.165, 1.54) is 25.7 Å². The summed E-state index contributed by atoms with van der Waals surface area (Å²) in [5.41, 5.74) is 1.23. The van der Waals surface area contributed by atoms with E-state index >= 15 is 0 Å². The normalized spacial score (nSPS) is 38.4. The molecule has 1 aliphatic carbocycles. The SMILES string of the molecule is CC[C@@]1(C)CCCC1(C)C. The van der Waals surface area contributed by atoms with Crippen LogP contribution in [-0.2, 0) is 0 Å². The molecular weight excluding hydrogens is 120 g/mol. The molecule has 0 unspecified atom stereocenters. The molecule has 1 aliphatic rings. The van der Waals surface area contributed by atoms with E-state index in [2.05, 4.69) is 27.7 Å². The number of rotatable bonds is 1. The van der Waals surface area contributed by atoms with Crippen LogP contribution in [0.25, 0.3) is 0 Å². The summed E-state index contributed by atoms with van der Waals surface area (Å²) in [6.07, 6.45) is 5.66. The van der Waals surface area contributed by atoms with Crippen molar-refractivity contribution in [2.45, 2.75) is 53.4 Å². The zero-order chi connectivity index (χ0) is 7.83. The lowest BCUT2D eigenvalue weighted by atomic mass is 9.68. The number of hydrogen-bond acceptors (Lipinski definition) is 0. The largest absolute Gasteiger partial charge is 0.0648 e. The minimum atomic E-state index is 0.599. The van der Waals surface area contributed by atoms with Gasteiger partial charge in [-0.3, -0.25) is 0 Å². The van der Waals surface area contributed by atoms with Gasteiger partial charge in [0.15, 0.2) is 0 Å². The van der Waals surface area contributed by atoms with Crippen molar-refractivity contribution in [3.05, 3.63) is 0 Å². The Morgan fingerprint density at radius 3 is 1.90 bits per heavy atom. The summed E-state index contributed by atoms with van der Waals surface area (Å²) >= 11 is 0. The molecule has 0 aromatic heterocycles. The topological polar surface area (TPSA) is 0 Å². The van der Waals surface area contributed by atoms with Crippen molar-refractivity contribution in [2.24, 2.45) is 10.8 Å². The standard InChI is InChI=1S/C10H20/c1-5-10(4)8-6-7-9(10,2)3/h5-8H2,1-4H3/t10-/m0/s1. The van der Waals surface area contributed by atoms with E-state index in [9.17, 15) is 0 Å². The van der Waals surface area contributed by atoms with E-state index in [1.54, 1.807) is 0 Å². The first kappa shape index (κ1) is 8.10. The molecule has 1 saturated carbocycles. The molecule has 60 valence electrons. The Morgan fingerprint density at radius 1 is 1.10 bits per heavy atom. The highest BCUT2D eigenvalue weighted by molar-refractivity contribution is 4.93. The predicted molar refractivity (Wildman–Crippen MR) is 46.0 cm³/mol. The van der Waals surface area contributed by atoms with E-state index in [4.69, 9.17) is 0 Å². The molecule has 10 heavy (non-hydrogen) atoms. The van der Waals surface area contributed by atoms with Crippen molar-refractivity contribution >= 4 is 0 Å². The van der Waals surface area contributed by atoms with E-state index in [0.717, 1.165) is 0 Å². The van der Waals surface area contributed by atoms with E-state index < -0.39 is 0 Å². The van der Waals surface area contributed by atoms with Crippen LogP contribution in [0.2, 0.25) is 0 Å². The Hall–Kier alpha value is 0. The molecule has 0 aromatic rings. The molecule has 1 fully saturated rings. The van der Waals surface area contributed by atoms with Crippen molar-refractivity contribution in [3.8, 4) is 0 Å². The highest BCUT2D eigenvalue weighted by Crippen LogP contribution is 2.54. The smallest absolute Gasteiger partial charge is 0.0277 e. The lowest BCUT2D eigenvalue weighted by Gasteiger charge is -2.37. The summed E-state index contributed by atoms with van der Waals surface area (Å²) in [6.45, 7) is 9.61. The van der Waals surface area contributed by atoms with Gasteiger partial charge in [-0.1, -0.05) is 40.5 Å². The van der Waals surface area contributed by atoms with Gasteiger partial charge in [-0.25, -0.2) is 0 Å². The Balaban J connectivity index is 2.76. The summed E-state index contributed by atoms with van der Waals surface area (Å²) in [5, 5.41) is 0. The minimum Gasteiger partial charge on any atom is -0.0648 e. The third-order valence-electron chi connectivity index (χ3n) is 3.94. The molecule has 0 aromatic carbocycles. The molecule has 0 N–H and O–H groups in total. The van der Waals surface area contributed by atoms with Crippen molar-refractivity contribution in [1.29, 1.82) is 0 Å². The molecule has 1 rings (SSSR count). The molecule has 0 heteroatoms. The van der Waals surface area contributed by atoms with Crippen LogP contribution in [0.15, 0.2) is 0 Å². The molecule has 1 atom stereocenters. The van der Waals surface area contributed by atoms with Crippen LogP contribution in [0.4, 0.5) is 0 Å². The van der Waals surface area contributed by atoms with Gasteiger partial charge in [-0.05, 0) is 23.7 Å². The fraction of sp³-hybridized carbons (Fsp3) is 1.00. The average Bonchev–Trinajstić information content (AvgIpc) is 2.10. The van der Waals surface area contributed by atoms with Crippen molar-refractivity contribution in [3.63, 3.8) is 0 Å². The molecule has 0 radical (unpaired) electrons. The van der Waals surface area contributed by atoms with Gasteiger partial charge in [0.1, 0.15) is 0 Å². The highest BCUT2D eigenvalue weighted by atomic mass is 14.5. The van der Waals surface area contributed by atoms with Crippen LogP contribution in [-0.4, -0.2) is 0 Å². The predicted octanol–water partition coefficient (Wildman–Crippen LogP) is 3.61. The van der Waals surface area contributed by atoms with E-state index in [-0.39, 0.29) is 0 Å². The first-order valence-corrected chi connectivity index (χ1v) is 4.52. The van der Waals surface area contributed by atoms with Crippen molar-refractivity contribution in [2.75, 3.05) is 0 Å². The molecule has 0 spiro atoms. The molecule has 0 aliphatic heterocycles. The molecular formula is C10H20. The van der Waals surface area contributed by atoms with Gasteiger partial charge in [0, 0.05) is 0 Å². The third kappa shape index (κ3) is 0.980. The molecule has 0 saturated heterocycles. The maximum Gasteiger partial charge on any atom is -0.0277 e. The van der Waals surface area contributed by atoms with Gasteiger partial charge in [-0.2, -0.15) is 0 Å². The van der Waals surface area contributed by atoms with Gasteiger partial charge in [0.05, 0.1) is 0 Å². The zero-order valence-corrected chi connectivity index (χ0v) is 7.83. The molecule has 0 bridgehead atoms.